The van der Waals surface area contributed by atoms with E-state index in [9.17, 15) is 4.79 Å². The average Bonchev–Trinajstić information content (AvgIpc) is 2.33. The van der Waals surface area contributed by atoms with Crippen LogP contribution in [0.3, 0.4) is 0 Å². The van der Waals surface area contributed by atoms with Gasteiger partial charge in [0.1, 0.15) is 16.8 Å². The van der Waals surface area contributed by atoms with E-state index in [-0.39, 0.29) is 16.8 Å². The van der Waals surface area contributed by atoms with Crippen molar-refractivity contribution in [1.82, 2.24) is 4.98 Å². The van der Waals surface area contributed by atoms with Crippen LogP contribution in [0.15, 0.2) is 12.1 Å². The van der Waals surface area contributed by atoms with E-state index in [2.05, 4.69) is 4.98 Å². The number of aromatic nitrogens is 1. The Hall–Kier alpha value is -1.64. The zero-order valence-electron chi connectivity index (χ0n) is 10.1. The number of rotatable bonds is 1. The summed E-state index contributed by atoms with van der Waals surface area (Å²) in [4.78, 5) is 17.7. The monoisotopic (exact) mass is 265 g/mol. The van der Waals surface area contributed by atoms with Gasteiger partial charge in [-0.25, -0.2) is 4.98 Å². The van der Waals surface area contributed by atoms with E-state index in [1.165, 1.54) is 4.90 Å². The molecule has 1 aliphatic heterocycles. The van der Waals surface area contributed by atoms with E-state index in [1.54, 1.807) is 26.0 Å². The van der Waals surface area contributed by atoms with Gasteiger partial charge in [-0.3, -0.25) is 4.79 Å². The molecule has 0 N–H and O–H groups in total. The maximum Gasteiger partial charge on any atom is 0.258 e. The molecule has 0 aromatic carbocycles. The van der Waals surface area contributed by atoms with E-state index < -0.39 is 5.60 Å². The van der Waals surface area contributed by atoms with Crippen molar-refractivity contribution in [3.63, 3.8) is 0 Å². The Kier molecular flexibility index (Phi) is 3.24. The van der Waals surface area contributed by atoms with Crippen molar-refractivity contribution >= 4 is 23.2 Å². The lowest BCUT2D eigenvalue weighted by Crippen LogP contribution is -2.53. The minimum absolute atomic E-state index is 0.147. The van der Waals surface area contributed by atoms with E-state index >= 15 is 0 Å². The Labute approximate surface area is 110 Å². The maximum atomic E-state index is 12.2. The second kappa shape index (κ2) is 4.56. The van der Waals surface area contributed by atoms with Crippen LogP contribution in [0.2, 0.25) is 5.15 Å². The van der Waals surface area contributed by atoms with Crippen molar-refractivity contribution in [2.75, 3.05) is 18.1 Å². The minimum atomic E-state index is -0.884. The first kappa shape index (κ1) is 12.8. The van der Waals surface area contributed by atoms with Gasteiger partial charge in [0.05, 0.1) is 12.3 Å². The van der Waals surface area contributed by atoms with Crippen LogP contribution in [0.5, 0.6) is 0 Å². The summed E-state index contributed by atoms with van der Waals surface area (Å²) in [5.41, 5.74) is -0.262. The smallest absolute Gasteiger partial charge is 0.258 e. The molecule has 1 fully saturated rings. The second-order valence-corrected chi connectivity index (χ2v) is 4.82. The summed E-state index contributed by atoms with van der Waals surface area (Å²) < 4.78 is 5.41. The van der Waals surface area contributed by atoms with Crippen LogP contribution in [0, 0.1) is 11.3 Å². The first-order chi connectivity index (χ1) is 8.45. The molecule has 1 saturated heterocycles. The van der Waals surface area contributed by atoms with E-state index in [0.717, 1.165) is 0 Å². The number of anilines is 1. The number of amides is 1. The van der Waals surface area contributed by atoms with Gasteiger partial charge in [0, 0.05) is 6.54 Å². The molecule has 0 spiro atoms. The van der Waals surface area contributed by atoms with Gasteiger partial charge in [-0.1, -0.05) is 11.6 Å². The van der Waals surface area contributed by atoms with Crippen LogP contribution < -0.4 is 4.90 Å². The minimum Gasteiger partial charge on any atom is -0.364 e. The SMILES string of the molecule is CC1(C)OCCN(c2ccc(Cl)nc2C#N)C1=O. The van der Waals surface area contributed by atoms with Gasteiger partial charge in [-0.2, -0.15) is 5.26 Å². The predicted molar refractivity (Wildman–Crippen MR) is 66.3 cm³/mol. The highest BCUT2D eigenvalue weighted by Crippen LogP contribution is 2.27. The van der Waals surface area contributed by atoms with Gasteiger partial charge >= 0.3 is 0 Å². The Bertz CT molecular complexity index is 537. The third-order valence-corrected chi connectivity index (χ3v) is 2.99. The van der Waals surface area contributed by atoms with Crippen molar-refractivity contribution in [2.24, 2.45) is 0 Å². The number of carbonyl (C=O) groups excluding carboxylic acids is 1. The molecule has 0 bridgehead atoms. The predicted octanol–water partition coefficient (Wildman–Crippen LogP) is 1.75. The Morgan fingerprint density at radius 3 is 2.94 bits per heavy atom. The molecular formula is C12H12ClN3O2. The van der Waals surface area contributed by atoms with Crippen LogP contribution in [0.1, 0.15) is 19.5 Å². The lowest BCUT2D eigenvalue weighted by atomic mass is 10.1. The van der Waals surface area contributed by atoms with Crippen molar-refractivity contribution in [3.05, 3.63) is 23.0 Å². The number of hydrogen-bond donors (Lipinski definition) is 0. The van der Waals surface area contributed by atoms with Gasteiger partial charge in [-0.15, -0.1) is 0 Å². The third-order valence-electron chi connectivity index (χ3n) is 2.77. The van der Waals surface area contributed by atoms with Crippen molar-refractivity contribution in [3.8, 4) is 6.07 Å². The van der Waals surface area contributed by atoms with Crippen LogP contribution in [-0.2, 0) is 9.53 Å². The maximum absolute atomic E-state index is 12.2. The fourth-order valence-electron chi connectivity index (χ4n) is 1.84. The number of nitriles is 1. The van der Waals surface area contributed by atoms with Crippen LogP contribution >= 0.6 is 11.6 Å². The molecular weight excluding hydrogens is 254 g/mol. The summed E-state index contributed by atoms with van der Waals surface area (Å²) in [6.07, 6.45) is 0. The number of pyridine rings is 1. The molecule has 0 aliphatic carbocycles. The third kappa shape index (κ3) is 2.17. The number of ether oxygens (including phenoxy) is 1. The van der Waals surface area contributed by atoms with Gasteiger partial charge in [-0.05, 0) is 26.0 Å². The molecule has 1 aromatic rings. The summed E-state index contributed by atoms with van der Waals surface area (Å²) in [5, 5.41) is 9.28. The molecule has 5 nitrogen and oxygen atoms in total. The number of morpholine rings is 1. The zero-order chi connectivity index (χ0) is 13.3. The van der Waals surface area contributed by atoms with Crippen LogP contribution in [0.25, 0.3) is 0 Å². The molecule has 0 atom stereocenters. The fraction of sp³-hybridized carbons (Fsp3) is 0.417. The molecule has 0 radical (unpaired) electrons. The largest absolute Gasteiger partial charge is 0.364 e. The molecule has 18 heavy (non-hydrogen) atoms. The zero-order valence-corrected chi connectivity index (χ0v) is 10.9. The van der Waals surface area contributed by atoms with E-state index in [1.807, 2.05) is 6.07 Å². The lowest BCUT2D eigenvalue weighted by Gasteiger charge is -2.37. The molecule has 1 aliphatic rings. The topological polar surface area (TPSA) is 66.2 Å². The van der Waals surface area contributed by atoms with Crippen molar-refractivity contribution < 1.29 is 9.53 Å². The molecule has 6 heteroatoms. The standard InChI is InChI=1S/C12H12ClN3O2/c1-12(2)11(17)16(5-6-18-12)9-3-4-10(13)15-8(9)7-14/h3-4H,5-6H2,1-2H3. The molecule has 0 saturated carbocycles. The Balaban J connectivity index is 2.43. The number of carbonyl (C=O) groups is 1. The molecule has 0 unspecified atom stereocenters. The van der Waals surface area contributed by atoms with Crippen LogP contribution in [-0.4, -0.2) is 29.6 Å². The second-order valence-electron chi connectivity index (χ2n) is 4.43. The molecule has 1 aromatic heterocycles. The Morgan fingerprint density at radius 2 is 2.28 bits per heavy atom. The number of halogens is 1. The van der Waals surface area contributed by atoms with E-state index in [0.29, 0.717) is 18.8 Å². The van der Waals surface area contributed by atoms with Crippen molar-refractivity contribution in [2.45, 2.75) is 19.4 Å². The van der Waals surface area contributed by atoms with Gasteiger partial charge in [0.2, 0.25) is 0 Å². The summed E-state index contributed by atoms with van der Waals surface area (Å²) >= 11 is 5.74. The highest BCUT2D eigenvalue weighted by Gasteiger charge is 2.38. The molecule has 94 valence electrons. The number of nitrogens with zero attached hydrogens (tertiary/aromatic N) is 3. The van der Waals surface area contributed by atoms with Gasteiger partial charge in [0.25, 0.3) is 5.91 Å². The summed E-state index contributed by atoms with van der Waals surface area (Å²) in [5.74, 6) is -0.186. The summed E-state index contributed by atoms with van der Waals surface area (Å²) in [6, 6.07) is 5.15. The van der Waals surface area contributed by atoms with Crippen molar-refractivity contribution in [1.29, 1.82) is 5.26 Å². The van der Waals surface area contributed by atoms with Crippen LogP contribution in [0.4, 0.5) is 5.69 Å². The van der Waals surface area contributed by atoms with E-state index in [4.69, 9.17) is 21.6 Å². The molecule has 2 heterocycles. The summed E-state index contributed by atoms with van der Waals surface area (Å²) in [6.45, 7) is 4.24. The molecule has 1 amide bonds. The lowest BCUT2D eigenvalue weighted by molar-refractivity contribution is -0.144. The highest BCUT2D eigenvalue weighted by atomic mass is 35.5. The highest BCUT2D eigenvalue weighted by molar-refractivity contribution is 6.29. The Morgan fingerprint density at radius 1 is 1.56 bits per heavy atom. The fourth-order valence-corrected chi connectivity index (χ4v) is 1.99. The normalized spacial score (nSPS) is 18.6. The quantitative estimate of drug-likeness (QED) is 0.726. The van der Waals surface area contributed by atoms with Gasteiger partial charge in [0.15, 0.2) is 5.69 Å². The van der Waals surface area contributed by atoms with Gasteiger partial charge < -0.3 is 9.64 Å². The number of hydrogen-bond acceptors (Lipinski definition) is 4. The first-order valence-corrected chi connectivity index (χ1v) is 5.86. The first-order valence-electron chi connectivity index (χ1n) is 5.48. The summed E-state index contributed by atoms with van der Waals surface area (Å²) in [7, 11) is 0. The average molecular weight is 266 g/mol. The molecule has 2 rings (SSSR count).